The molecule has 0 spiro atoms. The predicted molar refractivity (Wildman–Crippen MR) is 62.5 cm³/mol. The van der Waals surface area contributed by atoms with Gasteiger partial charge < -0.3 is 11.1 Å². The summed E-state index contributed by atoms with van der Waals surface area (Å²) in [6.45, 7) is 0. The zero-order valence-corrected chi connectivity index (χ0v) is 10.2. The van der Waals surface area contributed by atoms with Crippen LogP contribution in [0.5, 0.6) is 0 Å². The lowest BCUT2D eigenvalue weighted by atomic mass is 10.2. The molecule has 1 aromatic carbocycles. The van der Waals surface area contributed by atoms with Crippen molar-refractivity contribution < 1.29 is 18.0 Å². The van der Waals surface area contributed by atoms with Crippen LogP contribution in [0, 0.1) is 0 Å². The molecule has 0 unspecified atom stereocenters. The van der Waals surface area contributed by atoms with Gasteiger partial charge in [-0.3, -0.25) is 4.79 Å². The van der Waals surface area contributed by atoms with Gasteiger partial charge in [-0.1, -0.05) is 0 Å². The lowest BCUT2D eigenvalue weighted by Gasteiger charge is -2.08. The molecule has 1 amide bonds. The Labute approximate surface area is 104 Å². The summed E-state index contributed by atoms with van der Waals surface area (Å²) in [5, 5.41) is 2.34. The van der Waals surface area contributed by atoms with Crippen molar-refractivity contribution in [1.82, 2.24) is 0 Å². The fourth-order valence-electron chi connectivity index (χ4n) is 1.10. The second kappa shape index (κ2) is 5.39. The van der Waals surface area contributed by atoms with E-state index in [4.69, 9.17) is 5.73 Å². The molecular formula is C10H10BrF3N2O. The Hall–Kier alpha value is -1.24. The van der Waals surface area contributed by atoms with E-state index in [1.165, 1.54) is 6.07 Å². The van der Waals surface area contributed by atoms with Crippen LogP contribution in [0.4, 0.5) is 24.5 Å². The number of nitrogens with one attached hydrogen (secondary N) is 1. The molecule has 0 bridgehead atoms. The fourth-order valence-corrected chi connectivity index (χ4v) is 1.35. The number of carbonyl (C=O) groups is 1. The second-order valence-electron chi connectivity index (χ2n) is 3.40. The van der Waals surface area contributed by atoms with Crippen molar-refractivity contribution in [1.29, 1.82) is 0 Å². The van der Waals surface area contributed by atoms with E-state index in [-0.39, 0.29) is 0 Å². The maximum Gasteiger partial charge on any atom is 0.389 e. The quantitative estimate of drug-likeness (QED) is 0.842. The normalized spacial score (nSPS) is 11.3. The number of benzene rings is 1. The number of carbonyl (C=O) groups excluding carboxylic acids is 1. The van der Waals surface area contributed by atoms with Gasteiger partial charge in [0.1, 0.15) is 0 Å². The Bertz CT molecular complexity index is 421. The summed E-state index contributed by atoms with van der Waals surface area (Å²) < 4.78 is 36.3. The minimum absolute atomic E-state index is 0.373. The number of halogens is 4. The van der Waals surface area contributed by atoms with E-state index in [0.717, 1.165) is 0 Å². The third kappa shape index (κ3) is 5.08. The van der Waals surface area contributed by atoms with Crippen molar-refractivity contribution >= 4 is 33.2 Å². The standard InChI is InChI=1S/C10H10BrF3N2O/c11-7-2-1-6(5-8(7)15)16-9(17)3-4-10(12,13)14/h1-2,5H,3-4,15H2,(H,16,17). The molecule has 1 rings (SSSR count). The molecule has 0 atom stereocenters. The number of hydrogen-bond acceptors (Lipinski definition) is 2. The van der Waals surface area contributed by atoms with Crippen LogP contribution in [0.2, 0.25) is 0 Å². The first kappa shape index (κ1) is 13.8. The number of amides is 1. The molecule has 0 heterocycles. The average Bonchev–Trinajstić information content (AvgIpc) is 2.20. The Morgan fingerprint density at radius 1 is 1.41 bits per heavy atom. The topological polar surface area (TPSA) is 55.1 Å². The molecule has 0 aliphatic rings. The third-order valence-electron chi connectivity index (χ3n) is 1.92. The van der Waals surface area contributed by atoms with Crippen LogP contribution >= 0.6 is 15.9 Å². The first-order valence-electron chi connectivity index (χ1n) is 4.69. The van der Waals surface area contributed by atoms with Crippen molar-refractivity contribution in [2.24, 2.45) is 0 Å². The van der Waals surface area contributed by atoms with Gasteiger partial charge in [-0.05, 0) is 34.1 Å². The molecule has 94 valence electrons. The molecule has 0 saturated heterocycles. The second-order valence-corrected chi connectivity index (χ2v) is 4.25. The summed E-state index contributed by atoms with van der Waals surface area (Å²) in [6.07, 6.45) is -6.06. The zero-order chi connectivity index (χ0) is 13.1. The van der Waals surface area contributed by atoms with Crippen molar-refractivity contribution in [3.05, 3.63) is 22.7 Å². The minimum Gasteiger partial charge on any atom is -0.398 e. The molecular weight excluding hydrogens is 301 g/mol. The van der Waals surface area contributed by atoms with Crippen molar-refractivity contribution in [2.75, 3.05) is 11.1 Å². The van der Waals surface area contributed by atoms with Gasteiger partial charge in [0.25, 0.3) is 0 Å². The fraction of sp³-hybridized carbons (Fsp3) is 0.300. The van der Waals surface area contributed by atoms with E-state index >= 15 is 0 Å². The lowest BCUT2D eigenvalue weighted by Crippen LogP contribution is -2.16. The van der Waals surface area contributed by atoms with E-state index in [2.05, 4.69) is 21.2 Å². The summed E-state index contributed by atoms with van der Waals surface area (Å²) in [4.78, 5) is 11.2. The van der Waals surface area contributed by atoms with E-state index in [0.29, 0.717) is 15.8 Å². The first-order chi connectivity index (χ1) is 7.78. The minimum atomic E-state index is -4.32. The molecule has 7 heteroatoms. The highest BCUT2D eigenvalue weighted by Crippen LogP contribution is 2.24. The van der Waals surface area contributed by atoms with Gasteiger partial charge in [-0.15, -0.1) is 0 Å². The molecule has 1 aromatic rings. The maximum absolute atomic E-state index is 11.9. The highest BCUT2D eigenvalue weighted by molar-refractivity contribution is 9.10. The summed E-state index contributed by atoms with van der Waals surface area (Å²) in [5.41, 5.74) is 6.34. The number of anilines is 2. The Balaban J connectivity index is 2.54. The van der Waals surface area contributed by atoms with E-state index < -0.39 is 24.9 Å². The number of nitrogen functional groups attached to an aromatic ring is 1. The Kier molecular flexibility index (Phi) is 4.39. The number of nitrogens with two attached hydrogens (primary N) is 1. The molecule has 0 aromatic heterocycles. The summed E-state index contributed by atoms with van der Waals surface area (Å²) in [7, 11) is 0. The van der Waals surface area contributed by atoms with Gasteiger partial charge >= 0.3 is 6.18 Å². The molecule has 0 radical (unpaired) electrons. The van der Waals surface area contributed by atoms with Gasteiger partial charge in [0.15, 0.2) is 0 Å². The van der Waals surface area contributed by atoms with Crippen LogP contribution in [-0.4, -0.2) is 12.1 Å². The van der Waals surface area contributed by atoms with Crippen LogP contribution < -0.4 is 11.1 Å². The molecule has 0 saturated carbocycles. The number of rotatable bonds is 3. The van der Waals surface area contributed by atoms with Crippen molar-refractivity contribution in [3.63, 3.8) is 0 Å². The highest BCUT2D eigenvalue weighted by atomic mass is 79.9. The smallest absolute Gasteiger partial charge is 0.389 e. The zero-order valence-electron chi connectivity index (χ0n) is 8.64. The number of hydrogen-bond donors (Lipinski definition) is 2. The van der Waals surface area contributed by atoms with Gasteiger partial charge in [-0.2, -0.15) is 13.2 Å². The van der Waals surface area contributed by atoms with Crippen LogP contribution in [-0.2, 0) is 4.79 Å². The third-order valence-corrected chi connectivity index (χ3v) is 2.64. The van der Waals surface area contributed by atoms with Crippen LogP contribution in [0.1, 0.15) is 12.8 Å². The Morgan fingerprint density at radius 2 is 2.06 bits per heavy atom. The Morgan fingerprint density at radius 3 is 2.59 bits per heavy atom. The first-order valence-corrected chi connectivity index (χ1v) is 5.49. The van der Waals surface area contributed by atoms with E-state index in [1.807, 2.05) is 0 Å². The molecule has 17 heavy (non-hydrogen) atoms. The summed E-state index contributed by atoms with van der Waals surface area (Å²) in [5.74, 6) is -0.691. The molecule has 3 N–H and O–H groups in total. The SMILES string of the molecule is Nc1cc(NC(=O)CCC(F)(F)F)ccc1Br. The van der Waals surface area contributed by atoms with Crippen LogP contribution in [0.3, 0.4) is 0 Å². The summed E-state index contributed by atoms with van der Waals surface area (Å²) >= 11 is 3.17. The van der Waals surface area contributed by atoms with Gasteiger partial charge in [0.2, 0.25) is 5.91 Å². The van der Waals surface area contributed by atoms with E-state index in [1.54, 1.807) is 12.1 Å². The monoisotopic (exact) mass is 310 g/mol. The lowest BCUT2D eigenvalue weighted by molar-refractivity contribution is -0.142. The van der Waals surface area contributed by atoms with E-state index in [9.17, 15) is 18.0 Å². The average molecular weight is 311 g/mol. The highest BCUT2D eigenvalue weighted by Gasteiger charge is 2.27. The molecule has 3 nitrogen and oxygen atoms in total. The van der Waals surface area contributed by atoms with Gasteiger partial charge in [0, 0.05) is 22.3 Å². The van der Waals surface area contributed by atoms with Gasteiger partial charge in [-0.25, -0.2) is 0 Å². The largest absolute Gasteiger partial charge is 0.398 e. The summed E-state index contributed by atoms with van der Waals surface area (Å²) in [6, 6.07) is 4.62. The van der Waals surface area contributed by atoms with Crippen molar-refractivity contribution in [3.8, 4) is 0 Å². The molecule has 0 aliphatic heterocycles. The van der Waals surface area contributed by atoms with Crippen LogP contribution in [0.15, 0.2) is 22.7 Å². The maximum atomic E-state index is 11.9. The molecule has 0 aliphatic carbocycles. The van der Waals surface area contributed by atoms with Crippen LogP contribution in [0.25, 0.3) is 0 Å². The van der Waals surface area contributed by atoms with Gasteiger partial charge in [0.05, 0.1) is 6.42 Å². The predicted octanol–water partition coefficient (Wildman–Crippen LogP) is 3.31. The number of alkyl halides is 3. The molecule has 0 fully saturated rings. The van der Waals surface area contributed by atoms with Crippen molar-refractivity contribution in [2.45, 2.75) is 19.0 Å².